The zero-order valence-corrected chi connectivity index (χ0v) is 20.8. The minimum Gasteiger partial charge on any atom is -0.467 e. The molecule has 4 rings (SSSR count). The number of likely N-dealkylation sites (tertiary alicyclic amines) is 1. The molecule has 0 amide bonds. The Hall–Kier alpha value is -1.91. The van der Waals surface area contributed by atoms with E-state index in [2.05, 4.69) is 50.9 Å². The summed E-state index contributed by atoms with van der Waals surface area (Å²) in [5.41, 5.74) is 2.93. The van der Waals surface area contributed by atoms with Gasteiger partial charge in [0, 0.05) is 25.7 Å². The van der Waals surface area contributed by atoms with Crippen molar-refractivity contribution >= 4 is 29.9 Å². The lowest BCUT2D eigenvalue weighted by molar-refractivity contribution is -0.0172. The minimum absolute atomic E-state index is 0. The maximum absolute atomic E-state index is 14.0. The normalized spacial score (nSPS) is 17.1. The van der Waals surface area contributed by atoms with Crippen molar-refractivity contribution in [2.24, 2.45) is 4.99 Å². The van der Waals surface area contributed by atoms with Crippen LogP contribution in [0.5, 0.6) is 5.75 Å². The standard InChI is InChI=1S/C24H31FN4O2.HI/c1-26-24(27-10-9-19-13-21(25)14-20-16-30-17-31-23(19)20)28-15-22(29-11-5-6-12-29)18-7-3-2-4-8-18;/h2-4,7-8,13-14,22H,5-6,9-12,15-17H2,1H3,(H2,26,27,28);1H. The van der Waals surface area contributed by atoms with Gasteiger partial charge in [0.1, 0.15) is 11.6 Å². The lowest BCUT2D eigenvalue weighted by atomic mass is 10.1. The van der Waals surface area contributed by atoms with Gasteiger partial charge >= 0.3 is 0 Å². The maximum atomic E-state index is 14.0. The number of benzene rings is 2. The number of rotatable bonds is 7. The first-order valence-electron chi connectivity index (χ1n) is 11.0. The van der Waals surface area contributed by atoms with Crippen LogP contribution >= 0.6 is 24.0 Å². The lowest BCUT2D eigenvalue weighted by Gasteiger charge is -2.29. The van der Waals surface area contributed by atoms with Crippen molar-refractivity contribution < 1.29 is 13.9 Å². The summed E-state index contributed by atoms with van der Waals surface area (Å²) in [6.45, 7) is 4.25. The van der Waals surface area contributed by atoms with Gasteiger partial charge in [-0.05, 0) is 55.6 Å². The smallest absolute Gasteiger partial charge is 0.191 e. The molecule has 2 aromatic rings. The first-order chi connectivity index (χ1) is 15.2. The summed E-state index contributed by atoms with van der Waals surface area (Å²) in [6.07, 6.45) is 3.14. The van der Waals surface area contributed by atoms with Gasteiger partial charge in [-0.1, -0.05) is 30.3 Å². The topological polar surface area (TPSA) is 58.1 Å². The van der Waals surface area contributed by atoms with Crippen molar-refractivity contribution in [3.05, 3.63) is 65.0 Å². The molecule has 0 radical (unpaired) electrons. The summed E-state index contributed by atoms with van der Waals surface area (Å²) in [5.74, 6) is 1.23. The summed E-state index contributed by atoms with van der Waals surface area (Å²) in [7, 11) is 1.77. The maximum Gasteiger partial charge on any atom is 0.191 e. The molecule has 0 bridgehead atoms. The third kappa shape index (κ3) is 6.32. The van der Waals surface area contributed by atoms with Crippen molar-refractivity contribution in [1.82, 2.24) is 15.5 Å². The van der Waals surface area contributed by atoms with Gasteiger partial charge in [-0.25, -0.2) is 4.39 Å². The van der Waals surface area contributed by atoms with Gasteiger partial charge in [0.15, 0.2) is 12.8 Å². The minimum atomic E-state index is -0.262. The van der Waals surface area contributed by atoms with E-state index in [1.54, 1.807) is 13.1 Å². The van der Waals surface area contributed by atoms with E-state index in [4.69, 9.17) is 9.47 Å². The second-order valence-corrected chi connectivity index (χ2v) is 7.96. The Bertz CT molecular complexity index is 891. The van der Waals surface area contributed by atoms with Crippen LogP contribution in [0.2, 0.25) is 0 Å². The molecule has 1 unspecified atom stereocenters. The fourth-order valence-corrected chi connectivity index (χ4v) is 4.36. The van der Waals surface area contributed by atoms with Crippen LogP contribution in [-0.2, 0) is 17.8 Å². The Morgan fingerprint density at radius 1 is 1.16 bits per heavy atom. The Balaban J connectivity index is 0.00000289. The molecule has 2 N–H and O–H groups in total. The fraction of sp³-hybridized carbons (Fsp3) is 0.458. The molecule has 2 heterocycles. The molecular weight excluding hydrogens is 522 g/mol. The van der Waals surface area contributed by atoms with Crippen molar-refractivity contribution in [3.63, 3.8) is 0 Å². The van der Waals surface area contributed by atoms with Gasteiger partial charge in [-0.15, -0.1) is 24.0 Å². The van der Waals surface area contributed by atoms with E-state index in [1.165, 1.54) is 24.5 Å². The Morgan fingerprint density at radius 3 is 2.69 bits per heavy atom. The molecule has 174 valence electrons. The first-order valence-corrected chi connectivity index (χ1v) is 11.0. The van der Waals surface area contributed by atoms with E-state index in [1.807, 2.05) is 0 Å². The molecule has 2 aliphatic rings. The van der Waals surface area contributed by atoms with Gasteiger partial charge in [0.2, 0.25) is 0 Å². The number of ether oxygens (including phenoxy) is 2. The summed E-state index contributed by atoms with van der Waals surface area (Å²) < 4.78 is 24.8. The Morgan fingerprint density at radius 2 is 1.94 bits per heavy atom. The predicted molar refractivity (Wildman–Crippen MR) is 135 cm³/mol. The van der Waals surface area contributed by atoms with Crippen LogP contribution in [0, 0.1) is 5.82 Å². The van der Waals surface area contributed by atoms with Crippen LogP contribution in [0.4, 0.5) is 4.39 Å². The van der Waals surface area contributed by atoms with Gasteiger partial charge in [-0.3, -0.25) is 9.89 Å². The molecule has 2 aliphatic heterocycles. The quantitative estimate of drug-likeness (QED) is 0.310. The molecule has 0 aliphatic carbocycles. The van der Waals surface area contributed by atoms with Crippen LogP contribution in [0.3, 0.4) is 0 Å². The third-order valence-corrected chi connectivity index (χ3v) is 5.89. The molecule has 0 spiro atoms. The van der Waals surface area contributed by atoms with Crippen molar-refractivity contribution in [1.29, 1.82) is 0 Å². The first kappa shape index (κ1) is 24.7. The molecule has 1 fully saturated rings. The van der Waals surface area contributed by atoms with E-state index < -0.39 is 0 Å². The molecule has 6 nitrogen and oxygen atoms in total. The zero-order valence-electron chi connectivity index (χ0n) is 18.5. The monoisotopic (exact) mass is 554 g/mol. The second kappa shape index (κ2) is 12.4. The van der Waals surface area contributed by atoms with Crippen molar-refractivity contribution in [3.8, 4) is 5.75 Å². The number of fused-ring (bicyclic) bond motifs is 1. The summed E-state index contributed by atoms with van der Waals surface area (Å²) in [4.78, 5) is 6.90. The Kier molecular flexibility index (Phi) is 9.55. The number of hydrogen-bond donors (Lipinski definition) is 2. The number of nitrogens with one attached hydrogen (secondary N) is 2. The number of nitrogens with zero attached hydrogens (tertiary/aromatic N) is 2. The van der Waals surface area contributed by atoms with Gasteiger partial charge in [0.25, 0.3) is 0 Å². The average molecular weight is 554 g/mol. The predicted octanol–water partition coefficient (Wildman–Crippen LogP) is 3.85. The summed E-state index contributed by atoms with van der Waals surface area (Å²) >= 11 is 0. The van der Waals surface area contributed by atoms with Gasteiger partial charge < -0.3 is 20.1 Å². The summed E-state index contributed by atoms with van der Waals surface area (Å²) in [5, 5.41) is 6.83. The molecule has 1 atom stereocenters. The van der Waals surface area contributed by atoms with E-state index in [9.17, 15) is 4.39 Å². The van der Waals surface area contributed by atoms with E-state index in [-0.39, 0.29) is 36.6 Å². The fourth-order valence-electron chi connectivity index (χ4n) is 4.36. The van der Waals surface area contributed by atoms with Gasteiger partial charge in [0.05, 0.1) is 12.6 Å². The van der Waals surface area contributed by atoms with Crippen LogP contribution in [0.25, 0.3) is 0 Å². The summed E-state index contributed by atoms with van der Waals surface area (Å²) in [6, 6.07) is 14.0. The highest BCUT2D eigenvalue weighted by Gasteiger charge is 2.23. The number of halogens is 2. The van der Waals surface area contributed by atoms with E-state index in [0.29, 0.717) is 25.6 Å². The molecule has 2 aromatic carbocycles. The van der Waals surface area contributed by atoms with Crippen LogP contribution in [0.1, 0.15) is 35.6 Å². The molecular formula is C24H32FIN4O2. The highest BCUT2D eigenvalue weighted by Crippen LogP contribution is 2.29. The van der Waals surface area contributed by atoms with Crippen LogP contribution in [-0.4, -0.2) is 50.9 Å². The number of guanidine groups is 1. The van der Waals surface area contributed by atoms with Crippen LogP contribution in [0.15, 0.2) is 47.5 Å². The zero-order chi connectivity index (χ0) is 21.5. The molecule has 8 heteroatoms. The van der Waals surface area contributed by atoms with Crippen molar-refractivity contribution in [2.45, 2.75) is 31.9 Å². The van der Waals surface area contributed by atoms with Crippen LogP contribution < -0.4 is 15.4 Å². The average Bonchev–Trinajstić information content (AvgIpc) is 3.33. The molecule has 0 aromatic heterocycles. The van der Waals surface area contributed by atoms with E-state index >= 15 is 0 Å². The number of aliphatic imine (C=N–C) groups is 1. The third-order valence-electron chi connectivity index (χ3n) is 5.89. The SMILES string of the molecule is CN=C(NCCc1cc(F)cc2c1OCOC2)NCC(c1ccccc1)N1CCCC1.I. The van der Waals surface area contributed by atoms with Crippen molar-refractivity contribution in [2.75, 3.05) is 40.0 Å². The highest BCUT2D eigenvalue weighted by atomic mass is 127. The largest absolute Gasteiger partial charge is 0.467 e. The lowest BCUT2D eigenvalue weighted by Crippen LogP contribution is -2.43. The molecule has 1 saturated heterocycles. The molecule has 0 saturated carbocycles. The molecule has 32 heavy (non-hydrogen) atoms. The number of hydrogen-bond acceptors (Lipinski definition) is 4. The highest BCUT2D eigenvalue weighted by molar-refractivity contribution is 14.0. The second-order valence-electron chi connectivity index (χ2n) is 7.96. The Labute approximate surface area is 206 Å². The van der Waals surface area contributed by atoms with Gasteiger partial charge in [-0.2, -0.15) is 0 Å². The van der Waals surface area contributed by atoms with E-state index in [0.717, 1.165) is 42.5 Å².